The van der Waals surface area contributed by atoms with Crippen LogP contribution in [-0.2, 0) is 9.78 Å². The topological polar surface area (TPSA) is 44.5 Å². The Balaban J connectivity index is 2.86. The van der Waals surface area contributed by atoms with Crippen molar-refractivity contribution in [2.45, 2.75) is 26.4 Å². The number of nitrogens with two attached hydrogens (primary N) is 1. The predicted octanol–water partition coefficient (Wildman–Crippen LogP) is 0.649. The predicted molar refractivity (Wildman–Crippen MR) is 31.0 cm³/mol. The fourth-order valence-corrected chi connectivity index (χ4v) is 0.223. The molecule has 0 aliphatic heterocycles. The van der Waals surface area contributed by atoms with Gasteiger partial charge in [-0.3, -0.25) is 0 Å². The molecule has 0 spiro atoms. The van der Waals surface area contributed by atoms with Crippen molar-refractivity contribution in [2.24, 2.45) is 5.73 Å². The van der Waals surface area contributed by atoms with E-state index in [1.807, 2.05) is 13.8 Å². The van der Waals surface area contributed by atoms with Crippen LogP contribution in [0.15, 0.2) is 0 Å². The van der Waals surface area contributed by atoms with Crippen molar-refractivity contribution >= 4 is 0 Å². The van der Waals surface area contributed by atoms with E-state index in [2.05, 4.69) is 4.89 Å². The van der Waals surface area contributed by atoms with E-state index >= 15 is 0 Å². The minimum absolute atomic E-state index is 0.129. The highest BCUT2D eigenvalue weighted by Crippen LogP contribution is 1.94. The fraction of sp³-hybridized carbons (Fsp3) is 1.00. The van der Waals surface area contributed by atoms with Crippen molar-refractivity contribution in [3.8, 4) is 0 Å². The number of hydrogen-bond acceptors (Lipinski definition) is 3. The lowest BCUT2D eigenvalue weighted by atomic mass is 10.3. The summed E-state index contributed by atoms with van der Waals surface area (Å²) in [5, 5.41) is 0. The van der Waals surface area contributed by atoms with Gasteiger partial charge in [0.2, 0.25) is 0 Å². The Morgan fingerprint density at radius 3 is 2.62 bits per heavy atom. The Labute approximate surface area is 49.7 Å². The Bertz CT molecular complexity index is 49.7. The third-order valence-electron chi connectivity index (χ3n) is 0.875. The van der Waals surface area contributed by atoms with Crippen LogP contribution in [0.3, 0.4) is 0 Å². The van der Waals surface area contributed by atoms with Gasteiger partial charge in [-0.05, 0) is 13.3 Å². The van der Waals surface area contributed by atoms with Crippen molar-refractivity contribution in [1.29, 1.82) is 0 Å². The molecule has 0 saturated heterocycles. The van der Waals surface area contributed by atoms with E-state index in [0.717, 1.165) is 6.42 Å². The van der Waals surface area contributed by atoms with Crippen LogP contribution in [0.5, 0.6) is 0 Å². The molecule has 2 N–H and O–H groups in total. The molecule has 50 valence electrons. The molecule has 1 unspecified atom stereocenters. The number of hydrogen-bond donors (Lipinski definition) is 1. The molecule has 0 radical (unpaired) electrons. The summed E-state index contributed by atoms with van der Waals surface area (Å²) in [6.45, 7) is 4.07. The molecule has 3 nitrogen and oxygen atoms in total. The van der Waals surface area contributed by atoms with Gasteiger partial charge in [-0.1, -0.05) is 6.92 Å². The summed E-state index contributed by atoms with van der Waals surface area (Å²) in [6.07, 6.45) is 1.10. The zero-order valence-electron chi connectivity index (χ0n) is 5.39. The highest BCUT2D eigenvalue weighted by Gasteiger charge is 1.95. The molecule has 1 atom stereocenters. The van der Waals surface area contributed by atoms with E-state index in [1.54, 1.807) is 0 Å². The highest BCUT2D eigenvalue weighted by molar-refractivity contribution is 4.37. The van der Waals surface area contributed by atoms with Crippen LogP contribution in [0, 0.1) is 0 Å². The Hall–Kier alpha value is -0.120. The molecule has 0 aromatic heterocycles. The molecular formula is C5H13NO2. The Morgan fingerprint density at radius 2 is 2.25 bits per heavy atom. The second kappa shape index (κ2) is 5.03. The maximum atomic E-state index is 4.98. The minimum atomic E-state index is 0.129. The van der Waals surface area contributed by atoms with Gasteiger partial charge < -0.3 is 5.73 Å². The Kier molecular flexibility index (Phi) is 4.95. The lowest BCUT2D eigenvalue weighted by Gasteiger charge is -2.06. The monoisotopic (exact) mass is 119 g/mol. The van der Waals surface area contributed by atoms with Gasteiger partial charge in [0.25, 0.3) is 0 Å². The second-order valence-electron chi connectivity index (χ2n) is 1.60. The van der Waals surface area contributed by atoms with E-state index in [-0.39, 0.29) is 12.8 Å². The van der Waals surface area contributed by atoms with Gasteiger partial charge >= 0.3 is 0 Å². The van der Waals surface area contributed by atoms with Gasteiger partial charge in [-0.2, -0.15) is 0 Å². The van der Waals surface area contributed by atoms with Gasteiger partial charge in [0.1, 0.15) is 6.73 Å². The molecule has 0 heterocycles. The minimum Gasteiger partial charge on any atom is -0.306 e. The largest absolute Gasteiger partial charge is 0.306 e. The highest BCUT2D eigenvalue weighted by atomic mass is 17.2. The van der Waals surface area contributed by atoms with Crippen LogP contribution >= 0.6 is 0 Å². The van der Waals surface area contributed by atoms with Crippen molar-refractivity contribution in [1.82, 2.24) is 0 Å². The van der Waals surface area contributed by atoms with E-state index in [1.165, 1.54) is 0 Å². The molecule has 0 aromatic rings. The molecule has 0 aliphatic carbocycles. The molecule has 0 saturated carbocycles. The molecule has 0 rings (SSSR count). The normalized spacial score (nSPS) is 13.9. The SMILES string of the molecule is CCC(C)OOCN. The number of rotatable bonds is 4. The van der Waals surface area contributed by atoms with Gasteiger partial charge in [0.05, 0.1) is 6.10 Å². The molecule has 8 heavy (non-hydrogen) atoms. The molecule has 0 bridgehead atoms. The van der Waals surface area contributed by atoms with Crippen molar-refractivity contribution in [3.05, 3.63) is 0 Å². The smallest absolute Gasteiger partial charge is 0.130 e. The first kappa shape index (κ1) is 7.88. The molecular weight excluding hydrogens is 106 g/mol. The molecule has 0 aliphatic rings. The van der Waals surface area contributed by atoms with E-state index < -0.39 is 0 Å². The van der Waals surface area contributed by atoms with Gasteiger partial charge in [0.15, 0.2) is 0 Å². The van der Waals surface area contributed by atoms with Crippen LogP contribution in [-0.4, -0.2) is 12.8 Å². The molecule has 0 amide bonds. The maximum absolute atomic E-state index is 4.98. The average Bonchev–Trinajstić information content (AvgIpc) is 1.83. The van der Waals surface area contributed by atoms with Crippen LogP contribution in [0.2, 0.25) is 0 Å². The third-order valence-corrected chi connectivity index (χ3v) is 0.875. The zero-order valence-corrected chi connectivity index (χ0v) is 5.39. The molecule has 3 heteroatoms. The van der Waals surface area contributed by atoms with Gasteiger partial charge in [-0.25, -0.2) is 9.78 Å². The standard InChI is InChI=1S/C5H13NO2/c1-3-5(2)8-7-4-6/h5H,3-4,6H2,1-2H3. The van der Waals surface area contributed by atoms with Crippen LogP contribution in [0.25, 0.3) is 0 Å². The first-order chi connectivity index (χ1) is 3.81. The third kappa shape index (κ3) is 4.05. The summed E-state index contributed by atoms with van der Waals surface area (Å²) in [5.41, 5.74) is 4.98. The van der Waals surface area contributed by atoms with E-state index in [9.17, 15) is 0 Å². The summed E-state index contributed by atoms with van der Waals surface area (Å²) < 4.78 is 0. The fourth-order valence-electron chi connectivity index (χ4n) is 0.223. The summed E-state index contributed by atoms with van der Waals surface area (Å²) in [4.78, 5) is 9.18. The quantitative estimate of drug-likeness (QED) is 0.335. The van der Waals surface area contributed by atoms with E-state index in [0.29, 0.717) is 0 Å². The maximum Gasteiger partial charge on any atom is 0.130 e. The summed E-state index contributed by atoms with van der Waals surface area (Å²) in [7, 11) is 0. The van der Waals surface area contributed by atoms with Crippen molar-refractivity contribution in [3.63, 3.8) is 0 Å². The first-order valence-electron chi connectivity index (χ1n) is 2.79. The summed E-state index contributed by atoms with van der Waals surface area (Å²) in [6, 6.07) is 0. The lowest BCUT2D eigenvalue weighted by Crippen LogP contribution is -2.11. The second-order valence-corrected chi connectivity index (χ2v) is 1.60. The molecule has 0 aromatic carbocycles. The van der Waals surface area contributed by atoms with Crippen molar-refractivity contribution in [2.75, 3.05) is 6.73 Å². The lowest BCUT2D eigenvalue weighted by molar-refractivity contribution is -0.319. The van der Waals surface area contributed by atoms with Crippen LogP contribution in [0.4, 0.5) is 0 Å². The zero-order chi connectivity index (χ0) is 6.41. The summed E-state index contributed by atoms with van der Waals surface area (Å²) >= 11 is 0. The van der Waals surface area contributed by atoms with Crippen molar-refractivity contribution < 1.29 is 9.78 Å². The van der Waals surface area contributed by atoms with Gasteiger partial charge in [0, 0.05) is 0 Å². The average molecular weight is 119 g/mol. The van der Waals surface area contributed by atoms with E-state index in [4.69, 9.17) is 10.6 Å². The van der Waals surface area contributed by atoms with Crippen LogP contribution in [0.1, 0.15) is 20.3 Å². The first-order valence-corrected chi connectivity index (χ1v) is 2.79. The summed E-state index contributed by atoms with van der Waals surface area (Å²) in [5.74, 6) is 0. The van der Waals surface area contributed by atoms with Gasteiger partial charge in [-0.15, -0.1) is 0 Å². The molecule has 0 fully saturated rings. The van der Waals surface area contributed by atoms with Crippen LogP contribution < -0.4 is 5.73 Å². The Morgan fingerprint density at radius 1 is 1.62 bits per heavy atom.